The van der Waals surface area contributed by atoms with Gasteiger partial charge in [-0.05, 0) is 55.6 Å². The Morgan fingerprint density at radius 3 is 2.71 bits per heavy atom. The van der Waals surface area contributed by atoms with E-state index in [1.54, 1.807) is 6.08 Å². The Balaban J connectivity index is 1.73. The Kier molecular flexibility index (Phi) is 6.32. The number of ketones is 1. The predicted octanol–water partition coefficient (Wildman–Crippen LogP) is 1.05. The summed E-state index contributed by atoms with van der Waals surface area (Å²) in [7, 11) is 0. The molecule has 3 rings (SSSR count). The van der Waals surface area contributed by atoms with Crippen molar-refractivity contribution < 1.29 is 34.7 Å². The summed E-state index contributed by atoms with van der Waals surface area (Å²) < 4.78 is 10.9. The average Bonchev–Trinajstić information content (AvgIpc) is 2.67. The number of aliphatic hydroxyl groups is 4. The lowest BCUT2D eigenvalue weighted by molar-refractivity contribution is -0.288. The van der Waals surface area contributed by atoms with Crippen LogP contribution in [0.1, 0.15) is 46.5 Å². The summed E-state index contributed by atoms with van der Waals surface area (Å²) in [5.41, 5.74) is 1.96. The second-order valence-electron chi connectivity index (χ2n) is 8.73. The Morgan fingerprint density at radius 2 is 2.04 bits per heavy atom. The number of allylic oxidation sites excluding steroid dienone is 3. The summed E-state index contributed by atoms with van der Waals surface area (Å²) in [6.07, 6.45) is 0.512. The van der Waals surface area contributed by atoms with E-state index in [4.69, 9.17) is 9.47 Å². The first-order valence-corrected chi connectivity index (χ1v) is 10.1. The molecule has 1 saturated carbocycles. The zero-order valence-electron chi connectivity index (χ0n) is 16.7. The zero-order chi connectivity index (χ0) is 20.6. The number of carbonyl (C=O) groups is 1. The van der Waals surface area contributed by atoms with Crippen LogP contribution in [-0.4, -0.2) is 63.5 Å². The first-order chi connectivity index (χ1) is 13.2. The van der Waals surface area contributed by atoms with Gasteiger partial charge in [0.2, 0.25) is 6.29 Å². The van der Waals surface area contributed by atoms with Gasteiger partial charge in [0.25, 0.3) is 0 Å². The molecule has 0 radical (unpaired) electrons. The molecule has 3 aliphatic rings. The number of ether oxygens (including phenoxy) is 2. The van der Waals surface area contributed by atoms with Crippen molar-refractivity contribution in [3.05, 3.63) is 23.5 Å². The molecule has 2 aliphatic carbocycles. The highest BCUT2D eigenvalue weighted by Gasteiger charge is 2.46. The highest BCUT2D eigenvalue weighted by molar-refractivity contribution is 5.95. The van der Waals surface area contributed by atoms with E-state index >= 15 is 0 Å². The van der Waals surface area contributed by atoms with Crippen LogP contribution >= 0.6 is 0 Å². The number of hydrogen-bond donors (Lipinski definition) is 4. The van der Waals surface area contributed by atoms with Gasteiger partial charge in [-0.25, -0.2) is 0 Å². The smallest absolute Gasteiger partial charge is 0.228 e. The minimum absolute atomic E-state index is 0.00489. The van der Waals surface area contributed by atoms with Crippen LogP contribution in [0.3, 0.4) is 0 Å². The van der Waals surface area contributed by atoms with Crippen molar-refractivity contribution in [3.63, 3.8) is 0 Å². The van der Waals surface area contributed by atoms with Gasteiger partial charge < -0.3 is 29.9 Å². The van der Waals surface area contributed by atoms with Gasteiger partial charge in [0.15, 0.2) is 5.78 Å². The van der Waals surface area contributed by atoms with Crippen LogP contribution in [-0.2, 0) is 14.3 Å². The number of fused-ring (bicyclic) bond motifs is 1. The SMILES string of the molecule is C/C(=C\O[C@@H]1O[C@H](CO)[C@@H](O)[C@H](O)[C@H]1O)[C@H]1C[C@@]2(C)C(=CC1=O)CCC[C@@H]2C. The van der Waals surface area contributed by atoms with Crippen LogP contribution in [0.4, 0.5) is 0 Å². The summed E-state index contributed by atoms with van der Waals surface area (Å²) in [5, 5.41) is 39.0. The summed E-state index contributed by atoms with van der Waals surface area (Å²) in [5.74, 6) is 0.258. The van der Waals surface area contributed by atoms with Crippen LogP contribution in [0, 0.1) is 17.3 Å². The number of hydrogen-bond acceptors (Lipinski definition) is 7. The van der Waals surface area contributed by atoms with Crippen molar-refractivity contribution in [2.45, 2.75) is 77.2 Å². The largest absolute Gasteiger partial charge is 0.470 e. The maximum Gasteiger partial charge on any atom is 0.228 e. The normalized spacial score (nSPS) is 44.7. The maximum absolute atomic E-state index is 12.7. The summed E-state index contributed by atoms with van der Waals surface area (Å²) in [6, 6.07) is 0. The molecule has 0 bridgehead atoms. The van der Waals surface area contributed by atoms with E-state index in [-0.39, 0.29) is 17.1 Å². The van der Waals surface area contributed by atoms with Crippen molar-refractivity contribution in [2.24, 2.45) is 17.3 Å². The second kappa shape index (κ2) is 8.24. The molecule has 1 heterocycles. The van der Waals surface area contributed by atoms with Crippen molar-refractivity contribution >= 4 is 5.78 Å². The quantitative estimate of drug-likeness (QED) is 0.525. The minimum atomic E-state index is -1.49. The van der Waals surface area contributed by atoms with E-state index < -0.39 is 37.3 Å². The molecule has 7 heteroatoms. The molecule has 2 fully saturated rings. The summed E-state index contributed by atoms with van der Waals surface area (Å²) >= 11 is 0. The van der Waals surface area contributed by atoms with Crippen LogP contribution < -0.4 is 0 Å². The van der Waals surface area contributed by atoms with Gasteiger partial charge in [-0.15, -0.1) is 0 Å². The third-order valence-electron chi connectivity index (χ3n) is 6.98. The highest BCUT2D eigenvalue weighted by atomic mass is 16.7. The Hall–Kier alpha value is -1.25. The fourth-order valence-corrected chi connectivity index (χ4v) is 4.71. The van der Waals surface area contributed by atoms with Crippen LogP contribution in [0.5, 0.6) is 0 Å². The predicted molar refractivity (Wildman–Crippen MR) is 101 cm³/mol. The third-order valence-corrected chi connectivity index (χ3v) is 6.98. The molecule has 4 N–H and O–H groups in total. The molecule has 0 amide bonds. The van der Waals surface area contributed by atoms with Gasteiger partial charge in [-0.1, -0.05) is 19.4 Å². The van der Waals surface area contributed by atoms with E-state index in [0.717, 1.165) is 31.3 Å². The Labute approximate surface area is 165 Å². The molecular formula is C21H32O7. The van der Waals surface area contributed by atoms with E-state index in [2.05, 4.69) is 13.8 Å². The number of aliphatic hydroxyl groups excluding tert-OH is 4. The molecule has 0 aromatic carbocycles. The van der Waals surface area contributed by atoms with Gasteiger partial charge in [0.1, 0.15) is 24.4 Å². The third kappa shape index (κ3) is 3.78. The highest BCUT2D eigenvalue weighted by Crippen LogP contribution is 2.52. The fraction of sp³-hybridized carbons (Fsp3) is 0.762. The topological polar surface area (TPSA) is 116 Å². The summed E-state index contributed by atoms with van der Waals surface area (Å²) in [6.45, 7) is 5.76. The number of rotatable bonds is 4. The van der Waals surface area contributed by atoms with E-state index in [1.165, 1.54) is 11.8 Å². The molecule has 0 aromatic rings. The summed E-state index contributed by atoms with van der Waals surface area (Å²) in [4.78, 5) is 12.7. The lowest BCUT2D eigenvalue weighted by Crippen LogP contribution is -2.58. The van der Waals surface area contributed by atoms with Gasteiger partial charge in [0, 0.05) is 5.92 Å². The molecule has 7 nitrogen and oxygen atoms in total. The first-order valence-electron chi connectivity index (χ1n) is 10.1. The minimum Gasteiger partial charge on any atom is -0.470 e. The van der Waals surface area contributed by atoms with Crippen molar-refractivity contribution in [1.29, 1.82) is 0 Å². The van der Waals surface area contributed by atoms with Crippen LogP contribution in [0.2, 0.25) is 0 Å². The standard InChI is InChI=1S/C21H32O7/c1-11(10-27-20-19(26)18(25)17(24)16(9-22)28-20)14-8-21(3)12(2)5-4-6-13(21)7-15(14)23/h7,10,12,14,16-20,22,24-26H,4-6,8-9H2,1-3H3/b11-10+/t12-,14+,16+,17+,18-,19+,20+,21+/m0/s1. The van der Waals surface area contributed by atoms with E-state index in [9.17, 15) is 25.2 Å². The lowest BCUT2D eigenvalue weighted by atomic mass is 9.58. The number of carbonyl (C=O) groups excluding carboxylic acids is 1. The lowest BCUT2D eigenvalue weighted by Gasteiger charge is -2.46. The average molecular weight is 396 g/mol. The van der Waals surface area contributed by atoms with Crippen molar-refractivity contribution in [3.8, 4) is 0 Å². The molecule has 0 spiro atoms. The second-order valence-corrected chi connectivity index (χ2v) is 8.73. The molecule has 0 unspecified atom stereocenters. The first kappa shape index (κ1) is 21.5. The molecular weight excluding hydrogens is 364 g/mol. The van der Waals surface area contributed by atoms with Gasteiger partial charge in [-0.3, -0.25) is 4.79 Å². The van der Waals surface area contributed by atoms with Gasteiger partial charge in [-0.2, -0.15) is 0 Å². The molecule has 28 heavy (non-hydrogen) atoms. The van der Waals surface area contributed by atoms with Crippen molar-refractivity contribution in [1.82, 2.24) is 0 Å². The Morgan fingerprint density at radius 1 is 1.32 bits per heavy atom. The molecule has 8 atom stereocenters. The van der Waals surface area contributed by atoms with Crippen LogP contribution in [0.15, 0.2) is 23.5 Å². The molecule has 1 saturated heterocycles. The van der Waals surface area contributed by atoms with Gasteiger partial charge in [0.05, 0.1) is 12.9 Å². The van der Waals surface area contributed by atoms with E-state index in [1.807, 2.05) is 6.92 Å². The maximum atomic E-state index is 12.7. The fourth-order valence-electron chi connectivity index (χ4n) is 4.71. The van der Waals surface area contributed by atoms with Crippen LogP contribution in [0.25, 0.3) is 0 Å². The molecule has 0 aromatic heterocycles. The molecule has 1 aliphatic heterocycles. The molecule has 158 valence electrons. The van der Waals surface area contributed by atoms with E-state index in [0.29, 0.717) is 5.92 Å². The monoisotopic (exact) mass is 396 g/mol. The van der Waals surface area contributed by atoms with Gasteiger partial charge >= 0.3 is 0 Å². The van der Waals surface area contributed by atoms with Crippen molar-refractivity contribution in [2.75, 3.05) is 6.61 Å². The zero-order valence-corrected chi connectivity index (χ0v) is 16.7. The Bertz CT molecular complexity index is 655.